The molecule has 3 rings (SSSR count). The van der Waals surface area contributed by atoms with Gasteiger partial charge in [-0.15, -0.1) is 0 Å². The van der Waals surface area contributed by atoms with Crippen molar-refractivity contribution >= 4 is 11.6 Å². The van der Waals surface area contributed by atoms with Crippen molar-refractivity contribution in [3.8, 4) is 28.0 Å². The molecule has 0 fully saturated rings. The van der Waals surface area contributed by atoms with Gasteiger partial charge in [0.25, 0.3) is 0 Å². The summed E-state index contributed by atoms with van der Waals surface area (Å²) in [4.78, 5) is 0. The Labute approximate surface area is 121 Å². The van der Waals surface area contributed by atoms with Crippen LogP contribution in [-0.4, -0.2) is 7.11 Å². The van der Waals surface area contributed by atoms with Gasteiger partial charge in [-0.05, 0) is 34.9 Å². The summed E-state index contributed by atoms with van der Waals surface area (Å²) >= 11 is 6.27. The van der Waals surface area contributed by atoms with Crippen molar-refractivity contribution in [2.24, 2.45) is 0 Å². The van der Waals surface area contributed by atoms with Crippen LogP contribution >= 0.6 is 11.6 Å². The summed E-state index contributed by atoms with van der Waals surface area (Å²) in [5.41, 5.74) is 3.67. The lowest BCUT2D eigenvalue weighted by Gasteiger charge is -2.05. The second-order valence-electron chi connectivity index (χ2n) is 4.49. The monoisotopic (exact) mass is 286 g/mol. The van der Waals surface area contributed by atoms with Crippen LogP contribution in [0.2, 0.25) is 5.02 Å². The van der Waals surface area contributed by atoms with Crippen LogP contribution in [0.4, 0.5) is 4.39 Å². The van der Waals surface area contributed by atoms with E-state index in [2.05, 4.69) is 0 Å². The second-order valence-corrected chi connectivity index (χ2v) is 4.90. The number of ether oxygens (including phenoxy) is 1. The Balaban J connectivity index is 2.19. The predicted octanol–water partition coefficient (Wildman–Crippen LogP) is 5.26. The molecule has 0 N–H and O–H groups in total. The molecule has 0 amide bonds. The molecule has 0 spiro atoms. The Morgan fingerprint density at radius 1 is 0.900 bits per heavy atom. The van der Waals surface area contributed by atoms with Gasteiger partial charge in [0.1, 0.15) is 0 Å². The first-order chi connectivity index (χ1) is 9.70. The van der Waals surface area contributed by atoms with Gasteiger partial charge in [0.05, 0.1) is 7.11 Å². The third-order valence-electron chi connectivity index (χ3n) is 3.32. The number of halogens is 2. The molecule has 2 aliphatic carbocycles. The summed E-state index contributed by atoms with van der Waals surface area (Å²) in [7, 11) is 1.45. The number of benzene rings is 1. The van der Waals surface area contributed by atoms with Crippen molar-refractivity contribution in [3.05, 3.63) is 65.4 Å². The lowest BCUT2D eigenvalue weighted by atomic mass is 10.0. The first kappa shape index (κ1) is 12.9. The molecule has 0 atom stereocenters. The van der Waals surface area contributed by atoms with E-state index in [0.29, 0.717) is 5.02 Å². The summed E-state index contributed by atoms with van der Waals surface area (Å²) in [6, 6.07) is 16.6. The number of hydrogen-bond acceptors (Lipinski definition) is 1. The van der Waals surface area contributed by atoms with Crippen molar-refractivity contribution in [2.75, 3.05) is 7.11 Å². The SMILES string of the molecule is COc1ccc(-c2cc(Cl)c3cccccc2-3)cc1F. The molecule has 0 bridgehead atoms. The second kappa shape index (κ2) is 5.14. The lowest BCUT2D eigenvalue weighted by molar-refractivity contribution is 0.386. The van der Waals surface area contributed by atoms with Crippen LogP contribution in [0.1, 0.15) is 0 Å². The minimum Gasteiger partial charge on any atom is -0.494 e. The quantitative estimate of drug-likeness (QED) is 0.624. The maximum atomic E-state index is 13.9. The van der Waals surface area contributed by atoms with Crippen LogP contribution in [-0.2, 0) is 0 Å². The molecule has 0 saturated carbocycles. The van der Waals surface area contributed by atoms with E-state index in [1.54, 1.807) is 6.07 Å². The van der Waals surface area contributed by atoms with Gasteiger partial charge < -0.3 is 4.74 Å². The Bertz CT molecular complexity index is 739. The van der Waals surface area contributed by atoms with Crippen molar-refractivity contribution in [3.63, 3.8) is 0 Å². The van der Waals surface area contributed by atoms with Crippen LogP contribution in [0.3, 0.4) is 0 Å². The highest BCUT2D eigenvalue weighted by Crippen LogP contribution is 2.41. The Hall–Kier alpha value is -2.06. The fourth-order valence-corrected chi connectivity index (χ4v) is 2.62. The maximum absolute atomic E-state index is 13.9. The minimum absolute atomic E-state index is 0.237. The molecule has 20 heavy (non-hydrogen) atoms. The Kier molecular flexibility index (Phi) is 3.33. The topological polar surface area (TPSA) is 9.23 Å². The van der Waals surface area contributed by atoms with Gasteiger partial charge in [-0.2, -0.15) is 0 Å². The van der Waals surface area contributed by atoms with Gasteiger partial charge in [0, 0.05) is 10.6 Å². The third kappa shape index (κ3) is 2.12. The van der Waals surface area contributed by atoms with Crippen LogP contribution < -0.4 is 4.74 Å². The fraction of sp³-hybridized carbons (Fsp3) is 0.0588. The van der Waals surface area contributed by atoms with Crippen molar-refractivity contribution in [1.82, 2.24) is 0 Å². The first-order valence-corrected chi connectivity index (χ1v) is 6.59. The molecule has 1 aromatic carbocycles. The zero-order valence-electron chi connectivity index (χ0n) is 10.9. The van der Waals surface area contributed by atoms with Crippen LogP contribution in [0.25, 0.3) is 22.3 Å². The van der Waals surface area contributed by atoms with E-state index in [9.17, 15) is 4.39 Å². The lowest BCUT2D eigenvalue weighted by Crippen LogP contribution is -1.88. The van der Waals surface area contributed by atoms with E-state index < -0.39 is 0 Å². The predicted molar refractivity (Wildman–Crippen MR) is 80.0 cm³/mol. The fourth-order valence-electron chi connectivity index (χ4n) is 2.35. The van der Waals surface area contributed by atoms with E-state index in [1.807, 2.05) is 42.5 Å². The van der Waals surface area contributed by atoms with E-state index >= 15 is 0 Å². The molecule has 0 aliphatic heterocycles. The number of hydrogen-bond donors (Lipinski definition) is 0. The summed E-state index contributed by atoms with van der Waals surface area (Å²) in [5, 5.41) is 0.669. The average Bonchev–Trinajstić information content (AvgIpc) is 2.64. The standard InChI is InChI=1S/C17H12ClFO/c1-20-17-8-7-11(9-16(17)19)14-10-15(18)13-6-4-2-3-5-12(13)14/h2-10H,1H3. The van der Waals surface area contributed by atoms with Crippen LogP contribution in [0, 0.1) is 5.82 Å². The molecule has 1 aromatic rings. The summed E-state index contributed by atoms with van der Waals surface area (Å²) in [6.45, 7) is 0. The zero-order chi connectivity index (χ0) is 14.1. The zero-order valence-corrected chi connectivity index (χ0v) is 11.6. The highest BCUT2D eigenvalue weighted by molar-refractivity contribution is 6.34. The first-order valence-electron chi connectivity index (χ1n) is 6.22. The molecule has 1 nitrogen and oxygen atoms in total. The smallest absolute Gasteiger partial charge is 0.165 e. The highest BCUT2D eigenvalue weighted by atomic mass is 35.5. The number of rotatable bonds is 2. The van der Waals surface area contributed by atoms with E-state index in [0.717, 1.165) is 22.3 Å². The van der Waals surface area contributed by atoms with Gasteiger partial charge in [0.15, 0.2) is 11.6 Å². The molecule has 3 heteroatoms. The van der Waals surface area contributed by atoms with Crippen molar-refractivity contribution < 1.29 is 9.13 Å². The number of methoxy groups -OCH3 is 1. The maximum Gasteiger partial charge on any atom is 0.165 e. The minimum atomic E-state index is -0.379. The molecule has 0 heterocycles. The van der Waals surface area contributed by atoms with Crippen molar-refractivity contribution in [1.29, 1.82) is 0 Å². The molecule has 0 aromatic heterocycles. The van der Waals surface area contributed by atoms with Crippen molar-refractivity contribution in [2.45, 2.75) is 0 Å². The largest absolute Gasteiger partial charge is 0.494 e. The molecule has 0 unspecified atom stereocenters. The Morgan fingerprint density at radius 2 is 1.65 bits per heavy atom. The number of fused-ring (bicyclic) bond motifs is 1. The van der Waals surface area contributed by atoms with Crippen LogP contribution in [0.5, 0.6) is 5.75 Å². The van der Waals surface area contributed by atoms with E-state index in [4.69, 9.17) is 16.3 Å². The third-order valence-corrected chi connectivity index (χ3v) is 3.63. The van der Waals surface area contributed by atoms with E-state index in [-0.39, 0.29) is 11.6 Å². The normalized spacial score (nSPS) is 10.8. The molecule has 0 saturated heterocycles. The molecule has 2 aliphatic rings. The summed E-state index contributed by atoms with van der Waals surface area (Å²) < 4.78 is 18.8. The van der Waals surface area contributed by atoms with Gasteiger partial charge in [-0.25, -0.2) is 4.39 Å². The van der Waals surface area contributed by atoms with Gasteiger partial charge in [-0.1, -0.05) is 48.0 Å². The molecule has 100 valence electrons. The van der Waals surface area contributed by atoms with Gasteiger partial charge >= 0.3 is 0 Å². The van der Waals surface area contributed by atoms with Gasteiger partial charge in [-0.3, -0.25) is 0 Å². The summed E-state index contributed by atoms with van der Waals surface area (Å²) in [6.07, 6.45) is 0. The van der Waals surface area contributed by atoms with Crippen LogP contribution in [0.15, 0.2) is 54.6 Å². The molecular weight excluding hydrogens is 275 g/mol. The van der Waals surface area contributed by atoms with E-state index in [1.165, 1.54) is 13.2 Å². The molecule has 0 radical (unpaired) electrons. The average molecular weight is 287 g/mol. The molecular formula is C17H12ClFO. The summed E-state index contributed by atoms with van der Waals surface area (Å²) in [5.74, 6) is -0.142. The highest BCUT2D eigenvalue weighted by Gasteiger charge is 2.15. The Morgan fingerprint density at radius 3 is 2.35 bits per heavy atom. The van der Waals surface area contributed by atoms with Gasteiger partial charge in [0.2, 0.25) is 0 Å².